The van der Waals surface area contributed by atoms with E-state index in [1.807, 2.05) is 0 Å². The minimum atomic E-state index is -1.80. The molecule has 0 bridgehead atoms. The zero-order chi connectivity index (χ0) is 15.6. The van der Waals surface area contributed by atoms with E-state index in [0.717, 1.165) is 0 Å². The Morgan fingerprint density at radius 2 is 1.68 bits per heavy atom. The van der Waals surface area contributed by atoms with Gasteiger partial charge >= 0.3 is 5.97 Å². The number of nitrogens with two attached hydrogens (primary N) is 2. The SMILES string of the molecule is CCOC(C(=O)O)C(O)C(O)C(O)CO.N=C(N)N. The maximum Gasteiger partial charge on any atom is 0.335 e. The minimum absolute atomic E-state index is 0.0377. The van der Waals surface area contributed by atoms with Crippen LogP contribution in [-0.4, -0.2) is 75.1 Å². The van der Waals surface area contributed by atoms with Crippen molar-refractivity contribution >= 4 is 11.9 Å². The molecule has 4 unspecified atom stereocenters. The summed E-state index contributed by atoms with van der Waals surface area (Å²) >= 11 is 0. The summed E-state index contributed by atoms with van der Waals surface area (Å²) in [6.45, 7) is 0.782. The van der Waals surface area contributed by atoms with E-state index in [4.69, 9.17) is 20.7 Å². The first kappa shape index (κ1) is 19.9. The average Bonchev–Trinajstić information content (AvgIpc) is 2.32. The number of carbonyl (C=O) groups is 1. The van der Waals surface area contributed by atoms with Crippen LogP contribution in [0.25, 0.3) is 0 Å². The molecule has 0 spiro atoms. The Labute approximate surface area is 109 Å². The normalized spacial score (nSPS) is 16.5. The first-order valence-electron chi connectivity index (χ1n) is 5.27. The lowest BCUT2D eigenvalue weighted by atomic mass is 10.0. The number of hydrogen-bond acceptors (Lipinski definition) is 7. The third-order valence-electron chi connectivity index (χ3n) is 1.83. The molecule has 0 aliphatic carbocycles. The van der Waals surface area contributed by atoms with E-state index in [9.17, 15) is 15.0 Å². The van der Waals surface area contributed by atoms with Crippen molar-refractivity contribution in [1.82, 2.24) is 0 Å². The maximum atomic E-state index is 10.6. The van der Waals surface area contributed by atoms with Crippen molar-refractivity contribution in [3.05, 3.63) is 0 Å². The lowest BCUT2D eigenvalue weighted by Crippen LogP contribution is -2.49. The number of nitrogens with one attached hydrogen (secondary N) is 1. The number of hydrogen-bond donors (Lipinski definition) is 8. The summed E-state index contributed by atoms with van der Waals surface area (Å²) in [4.78, 5) is 10.6. The summed E-state index contributed by atoms with van der Waals surface area (Å²) in [5, 5.41) is 50.8. The Balaban J connectivity index is 0. The van der Waals surface area contributed by atoms with Crippen molar-refractivity contribution in [3.63, 3.8) is 0 Å². The van der Waals surface area contributed by atoms with E-state index < -0.39 is 37.0 Å². The van der Waals surface area contributed by atoms with Gasteiger partial charge in [0.2, 0.25) is 0 Å². The second kappa shape index (κ2) is 10.5. The summed E-state index contributed by atoms with van der Waals surface area (Å²) in [6.07, 6.45) is -6.82. The van der Waals surface area contributed by atoms with Gasteiger partial charge in [0.15, 0.2) is 12.1 Å². The molecule has 0 aliphatic rings. The van der Waals surface area contributed by atoms with E-state index in [-0.39, 0.29) is 12.6 Å². The Hall–Kier alpha value is -1.46. The molecule has 4 atom stereocenters. The second-order valence-corrected chi connectivity index (χ2v) is 3.40. The number of guanidine groups is 1. The third kappa shape index (κ3) is 9.16. The van der Waals surface area contributed by atoms with Gasteiger partial charge < -0.3 is 41.7 Å². The van der Waals surface area contributed by atoms with Crippen molar-refractivity contribution in [2.45, 2.75) is 31.3 Å². The lowest BCUT2D eigenvalue weighted by Gasteiger charge is -2.25. The highest BCUT2D eigenvalue weighted by molar-refractivity contribution is 5.73. The van der Waals surface area contributed by atoms with E-state index in [1.54, 1.807) is 0 Å². The molecule has 0 amide bonds. The van der Waals surface area contributed by atoms with Gasteiger partial charge in [-0.05, 0) is 6.92 Å². The fourth-order valence-electron chi connectivity index (χ4n) is 1.01. The molecule has 10 heteroatoms. The zero-order valence-corrected chi connectivity index (χ0v) is 10.4. The van der Waals surface area contributed by atoms with Crippen molar-refractivity contribution in [1.29, 1.82) is 5.41 Å². The number of aliphatic hydroxyl groups is 4. The van der Waals surface area contributed by atoms with Crippen LogP contribution in [-0.2, 0) is 9.53 Å². The van der Waals surface area contributed by atoms with Gasteiger partial charge in [-0.2, -0.15) is 0 Å². The highest BCUT2D eigenvalue weighted by atomic mass is 16.5. The van der Waals surface area contributed by atoms with Crippen LogP contribution < -0.4 is 11.5 Å². The van der Waals surface area contributed by atoms with Crippen LogP contribution >= 0.6 is 0 Å². The predicted molar refractivity (Wildman–Crippen MR) is 64.3 cm³/mol. The molecule has 19 heavy (non-hydrogen) atoms. The Kier molecular flexibility index (Phi) is 10.9. The standard InChI is InChI=1S/C8H16O7.CH5N3/c1-2-15-7(8(13)14)6(12)5(11)4(10)3-9;2-1(3)4/h4-7,9-12H,2-3H2,1H3,(H,13,14);(H5,2,3,4). The number of aliphatic carboxylic acids is 1. The first-order chi connectivity index (χ1) is 8.68. The van der Waals surface area contributed by atoms with Crippen LogP contribution in [0.4, 0.5) is 0 Å². The van der Waals surface area contributed by atoms with Crippen molar-refractivity contribution in [2.75, 3.05) is 13.2 Å². The predicted octanol–water partition coefficient (Wildman–Crippen LogP) is -3.61. The quantitative estimate of drug-likeness (QED) is 0.171. The molecule has 0 aromatic rings. The van der Waals surface area contributed by atoms with E-state index in [0.29, 0.717) is 0 Å². The third-order valence-corrected chi connectivity index (χ3v) is 1.83. The molecule has 0 radical (unpaired) electrons. The van der Waals surface area contributed by atoms with Gasteiger partial charge in [0, 0.05) is 6.61 Å². The van der Waals surface area contributed by atoms with Crippen molar-refractivity contribution in [3.8, 4) is 0 Å². The first-order valence-corrected chi connectivity index (χ1v) is 5.27. The van der Waals surface area contributed by atoms with Crippen LogP contribution in [0.5, 0.6) is 0 Å². The van der Waals surface area contributed by atoms with Gasteiger partial charge in [-0.25, -0.2) is 4.79 Å². The Bertz CT molecular complexity index is 273. The molecule has 0 saturated carbocycles. The Morgan fingerprint density at radius 1 is 1.26 bits per heavy atom. The van der Waals surface area contributed by atoms with Gasteiger partial charge in [-0.15, -0.1) is 0 Å². The van der Waals surface area contributed by atoms with E-state index >= 15 is 0 Å². The van der Waals surface area contributed by atoms with Gasteiger partial charge in [0.25, 0.3) is 0 Å². The smallest absolute Gasteiger partial charge is 0.335 e. The molecule has 114 valence electrons. The zero-order valence-electron chi connectivity index (χ0n) is 10.4. The number of aliphatic hydroxyl groups excluding tert-OH is 4. The summed E-state index contributed by atoms with van der Waals surface area (Å²) in [5.41, 5.74) is 8.94. The second-order valence-electron chi connectivity index (χ2n) is 3.40. The van der Waals surface area contributed by atoms with Gasteiger partial charge in [-0.3, -0.25) is 5.41 Å². The van der Waals surface area contributed by atoms with Crippen LogP contribution in [0.15, 0.2) is 0 Å². The molecule has 0 heterocycles. The Morgan fingerprint density at radius 3 is 1.95 bits per heavy atom. The molecule has 0 aliphatic heterocycles. The number of carboxylic acids is 1. The molecule has 10 nitrogen and oxygen atoms in total. The highest BCUT2D eigenvalue weighted by Gasteiger charge is 2.35. The lowest BCUT2D eigenvalue weighted by molar-refractivity contribution is -0.171. The van der Waals surface area contributed by atoms with Gasteiger partial charge in [-0.1, -0.05) is 0 Å². The fraction of sp³-hybridized carbons (Fsp3) is 0.778. The summed E-state index contributed by atoms with van der Waals surface area (Å²) in [7, 11) is 0. The topological polar surface area (TPSA) is 203 Å². The molecular weight excluding hydrogens is 262 g/mol. The van der Waals surface area contributed by atoms with Crippen LogP contribution in [0.1, 0.15) is 6.92 Å². The minimum Gasteiger partial charge on any atom is -0.479 e. The van der Waals surface area contributed by atoms with E-state index in [1.165, 1.54) is 6.92 Å². The maximum absolute atomic E-state index is 10.6. The van der Waals surface area contributed by atoms with E-state index in [2.05, 4.69) is 16.2 Å². The van der Waals surface area contributed by atoms with Crippen LogP contribution in [0, 0.1) is 5.41 Å². The molecule has 0 aromatic heterocycles. The summed E-state index contributed by atoms with van der Waals surface area (Å²) in [5.74, 6) is -1.78. The number of carboxylic acid groups (broad SMARTS) is 1. The fourth-order valence-corrected chi connectivity index (χ4v) is 1.01. The summed E-state index contributed by atoms with van der Waals surface area (Å²) in [6, 6.07) is 0. The number of rotatable bonds is 7. The van der Waals surface area contributed by atoms with Crippen LogP contribution in [0.3, 0.4) is 0 Å². The molecule has 0 fully saturated rings. The average molecular weight is 283 g/mol. The van der Waals surface area contributed by atoms with Gasteiger partial charge in [0.1, 0.15) is 18.3 Å². The van der Waals surface area contributed by atoms with Crippen molar-refractivity contribution < 1.29 is 35.1 Å². The molecular formula is C9H21N3O7. The molecule has 10 N–H and O–H groups in total. The molecule has 0 rings (SSSR count). The highest BCUT2D eigenvalue weighted by Crippen LogP contribution is 2.08. The number of ether oxygens (including phenoxy) is 1. The van der Waals surface area contributed by atoms with Crippen molar-refractivity contribution in [2.24, 2.45) is 11.5 Å². The largest absolute Gasteiger partial charge is 0.479 e. The molecule has 0 saturated heterocycles. The summed E-state index contributed by atoms with van der Waals surface area (Å²) < 4.78 is 4.68. The van der Waals surface area contributed by atoms with Crippen LogP contribution in [0.2, 0.25) is 0 Å². The van der Waals surface area contributed by atoms with Gasteiger partial charge in [0.05, 0.1) is 6.61 Å². The molecule has 0 aromatic carbocycles. The monoisotopic (exact) mass is 283 g/mol.